The van der Waals surface area contributed by atoms with E-state index in [9.17, 15) is 0 Å². The van der Waals surface area contributed by atoms with Gasteiger partial charge < -0.3 is 0 Å². The van der Waals surface area contributed by atoms with Crippen LogP contribution in [-0.4, -0.2) is 6.04 Å². The molecule has 18 heavy (non-hydrogen) atoms. The molecule has 0 aromatic heterocycles. The van der Waals surface area contributed by atoms with Crippen LogP contribution in [0.15, 0.2) is 22.0 Å². The van der Waals surface area contributed by atoms with Gasteiger partial charge in [0.15, 0.2) is 0 Å². The Hall–Kier alpha value is -0.660. The SMILES string of the molecule is CC(C)CCCCCC1=CN=NC1CCC(C)C. The van der Waals surface area contributed by atoms with Crippen molar-refractivity contribution in [3.8, 4) is 0 Å². The fourth-order valence-electron chi connectivity index (χ4n) is 2.37. The van der Waals surface area contributed by atoms with Gasteiger partial charge in [0.2, 0.25) is 0 Å². The van der Waals surface area contributed by atoms with E-state index in [2.05, 4.69) is 37.9 Å². The number of nitrogens with zero attached hydrogens (tertiary/aromatic N) is 2. The Kier molecular flexibility index (Phi) is 7.22. The first kappa shape index (κ1) is 15.4. The van der Waals surface area contributed by atoms with E-state index in [0.717, 1.165) is 11.8 Å². The predicted octanol–water partition coefficient (Wildman–Crippen LogP) is 5.75. The molecule has 1 rings (SSSR count). The van der Waals surface area contributed by atoms with Crippen molar-refractivity contribution >= 4 is 0 Å². The zero-order valence-electron chi connectivity index (χ0n) is 12.7. The largest absolute Gasteiger partial charge is 0.181 e. The summed E-state index contributed by atoms with van der Waals surface area (Å²) in [5.41, 5.74) is 1.47. The molecule has 0 saturated heterocycles. The molecule has 1 aliphatic heterocycles. The topological polar surface area (TPSA) is 24.7 Å². The maximum absolute atomic E-state index is 4.35. The molecule has 0 aromatic carbocycles. The standard InChI is InChI=1S/C16H30N2/c1-13(2)8-6-5-7-9-15-12-17-18-16(15)11-10-14(3)4/h12-14,16H,5-11H2,1-4H3. The van der Waals surface area contributed by atoms with Crippen LogP contribution in [0, 0.1) is 11.8 Å². The molecule has 0 amide bonds. The molecule has 1 heterocycles. The summed E-state index contributed by atoms with van der Waals surface area (Å²) in [6, 6.07) is 0.400. The van der Waals surface area contributed by atoms with Gasteiger partial charge in [0.1, 0.15) is 0 Å². The molecule has 0 aliphatic carbocycles. The molecule has 104 valence electrons. The van der Waals surface area contributed by atoms with Crippen molar-refractivity contribution in [2.75, 3.05) is 0 Å². The zero-order chi connectivity index (χ0) is 13.4. The summed E-state index contributed by atoms with van der Waals surface area (Å²) in [7, 11) is 0. The fraction of sp³-hybridized carbons (Fsp3) is 0.875. The highest BCUT2D eigenvalue weighted by molar-refractivity contribution is 5.13. The lowest BCUT2D eigenvalue weighted by molar-refractivity contribution is 0.504. The lowest BCUT2D eigenvalue weighted by atomic mass is 9.95. The van der Waals surface area contributed by atoms with Crippen molar-refractivity contribution in [1.82, 2.24) is 0 Å². The van der Waals surface area contributed by atoms with Gasteiger partial charge in [0, 0.05) is 0 Å². The van der Waals surface area contributed by atoms with Gasteiger partial charge in [-0.15, -0.1) is 0 Å². The smallest absolute Gasteiger partial charge is 0.0940 e. The van der Waals surface area contributed by atoms with Crippen LogP contribution in [0.25, 0.3) is 0 Å². The third-order valence-corrected chi connectivity index (χ3v) is 3.62. The fourth-order valence-corrected chi connectivity index (χ4v) is 2.37. The Balaban J connectivity index is 2.13. The minimum absolute atomic E-state index is 0.400. The van der Waals surface area contributed by atoms with E-state index in [4.69, 9.17) is 0 Å². The van der Waals surface area contributed by atoms with Crippen molar-refractivity contribution in [3.05, 3.63) is 11.8 Å². The Morgan fingerprint density at radius 1 is 1.00 bits per heavy atom. The molecule has 0 saturated carbocycles. The van der Waals surface area contributed by atoms with Crippen molar-refractivity contribution in [1.29, 1.82) is 0 Å². The summed E-state index contributed by atoms with van der Waals surface area (Å²) in [5, 5.41) is 8.46. The van der Waals surface area contributed by atoms with Crippen LogP contribution < -0.4 is 0 Å². The lowest BCUT2D eigenvalue weighted by Gasteiger charge is -2.12. The molecule has 0 radical (unpaired) electrons. The Morgan fingerprint density at radius 3 is 2.39 bits per heavy atom. The average molecular weight is 250 g/mol. The van der Waals surface area contributed by atoms with Crippen LogP contribution in [0.1, 0.15) is 72.6 Å². The first-order valence-corrected chi connectivity index (χ1v) is 7.68. The summed E-state index contributed by atoms with van der Waals surface area (Å²) in [5.74, 6) is 1.62. The summed E-state index contributed by atoms with van der Waals surface area (Å²) >= 11 is 0. The van der Waals surface area contributed by atoms with E-state index >= 15 is 0 Å². The summed E-state index contributed by atoms with van der Waals surface area (Å²) in [6.45, 7) is 9.17. The van der Waals surface area contributed by atoms with Gasteiger partial charge in [-0.1, -0.05) is 47.0 Å². The first-order valence-electron chi connectivity index (χ1n) is 7.68. The van der Waals surface area contributed by atoms with E-state index in [-0.39, 0.29) is 0 Å². The Bertz CT molecular complexity index is 277. The van der Waals surface area contributed by atoms with Gasteiger partial charge in [-0.25, -0.2) is 0 Å². The number of rotatable bonds is 9. The highest BCUT2D eigenvalue weighted by Gasteiger charge is 2.17. The molecule has 0 bridgehead atoms. The second-order valence-corrected chi connectivity index (χ2v) is 6.42. The number of hydrogen-bond donors (Lipinski definition) is 0. The summed E-state index contributed by atoms with van der Waals surface area (Å²) in [4.78, 5) is 0. The third-order valence-electron chi connectivity index (χ3n) is 3.62. The van der Waals surface area contributed by atoms with E-state index in [0.29, 0.717) is 6.04 Å². The van der Waals surface area contributed by atoms with Crippen molar-refractivity contribution in [3.63, 3.8) is 0 Å². The van der Waals surface area contributed by atoms with Crippen LogP contribution in [0.5, 0.6) is 0 Å². The monoisotopic (exact) mass is 250 g/mol. The van der Waals surface area contributed by atoms with Crippen molar-refractivity contribution in [2.45, 2.75) is 78.7 Å². The minimum Gasteiger partial charge on any atom is -0.181 e. The average Bonchev–Trinajstić information content (AvgIpc) is 2.73. The first-order chi connectivity index (χ1) is 8.59. The van der Waals surface area contributed by atoms with Crippen molar-refractivity contribution in [2.24, 2.45) is 22.1 Å². The van der Waals surface area contributed by atoms with Crippen molar-refractivity contribution < 1.29 is 0 Å². The molecule has 0 N–H and O–H groups in total. The van der Waals surface area contributed by atoms with Gasteiger partial charge in [0.25, 0.3) is 0 Å². The number of unbranched alkanes of at least 4 members (excludes halogenated alkanes) is 2. The maximum Gasteiger partial charge on any atom is 0.0940 e. The quantitative estimate of drug-likeness (QED) is 0.466. The Labute approximate surface area is 113 Å². The van der Waals surface area contributed by atoms with Gasteiger partial charge in [-0.3, -0.25) is 0 Å². The van der Waals surface area contributed by atoms with Gasteiger partial charge >= 0.3 is 0 Å². The predicted molar refractivity (Wildman–Crippen MR) is 78.7 cm³/mol. The second-order valence-electron chi connectivity index (χ2n) is 6.42. The number of azo groups is 1. The number of hydrogen-bond acceptors (Lipinski definition) is 2. The molecular formula is C16H30N2. The highest BCUT2D eigenvalue weighted by Crippen LogP contribution is 2.26. The molecule has 0 fully saturated rings. The highest BCUT2D eigenvalue weighted by atomic mass is 15.1. The molecule has 0 spiro atoms. The van der Waals surface area contributed by atoms with E-state index in [1.54, 1.807) is 0 Å². The van der Waals surface area contributed by atoms with E-state index in [1.165, 1.54) is 50.5 Å². The lowest BCUT2D eigenvalue weighted by Crippen LogP contribution is -2.07. The molecule has 1 aliphatic rings. The van der Waals surface area contributed by atoms with E-state index in [1.807, 2.05) is 6.20 Å². The maximum atomic E-state index is 4.35. The minimum atomic E-state index is 0.400. The summed E-state index contributed by atoms with van der Waals surface area (Å²) in [6.07, 6.45) is 11.0. The summed E-state index contributed by atoms with van der Waals surface area (Å²) < 4.78 is 0. The molecule has 2 heteroatoms. The van der Waals surface area contributed by atoms with Crippen LogP contribution in [0.3, 0.4) is 0 Å². The molecule has 0 aromatic rings. The molecule has 2 nitrogen and oxygen atoms in total. The van der Waals surface area contributed by atoms with Crippen LogP contribution >= 0.6 is 0 Å². The normalized spacial score (nSPS) is 19.0. The van der Waals surface area contributed by atoms with Gasteiger partial charge in [0.05, 0.1) is 12.2 Å². The second kappa shape index (κ2) is 8.44. The van der Waals surface area contributed by atoms with Crippen LogP contribution in [0.2, 0.25) is 0 Å². The molecule has 1 atom stereocenters. The zero-order valence-corrected chi connectivity index (χ0v) is 12.7. The molecule has 1 unspecified atom stereocenters. The van der Waals surface area contributed by atoms with Gasteiger partial charge in [-0.05, 0) is 43.1 Å². The van der Waals surface area contributed by atoms with E-state index < -0.39 is 0 Å². The molecular weight excluding hydrogens is 220 g/mol. The van der Waals surface area contributed by atoms with Crippen LogP contribution in [0.4, 0.5) is 0 Å². The Morgan fingerprint density at radius 2 is 1.72 bits per heavy atom. The van der Waals surface area contributed by atoms with Crippen LogP contribution in [-0.2, 0) is 0 Å². The third kappa shape index (κ3) is 6.32. The van der Waals surface area contributed by atoms with Gasteiger partial charge in [-0.2, -0.15) is 10.2 Å².